The number of benzene rings is 1. The first-order chi connectivity index (χ1) is 21.8. The van der Waals surface area contributed by atoms with Crippen LogP contribution in [-0.2, 0) is 52.4 Å². The maximum atomic E-state index is 12.7. The summed E-state index contributed by atoms with van der Waals surface area (Å²) in [6, 6.07) is 1.33. The maximum absolute atomic E-state index is 12.7. The number of aryl methyl sites for hydroxylation is 2. The van der Waals surface area contributed by atoms with Crippen molar-refractivity contribution in [2.45, 2.75) is 77.7 Å². The number of aliphatic hydroxyl groups is 2. The lowest BCUT2D eigenvalue weighted by molar-refractivity contribution is -0.189. The Morgan fingerprint density at radius 1 is 0.870 bits per heavy atom. The third kappa shape index (κ3) is 6.00. The number of cyclic esters (lactones) is 1. The fraction of sp³-hybridized carbons (Fsp3) is 0.467. The van der Waals surface area contributed by atoms with E-state index in [0.717, 1.165) is 11.1 Å². The second-order valence-corrected chi connectivity index (χ2v) is 10.9. The average molecular weight is 645 g/mol. The van der Waals surface area contributed by atoms with Crippen molar-refractivity contribution in [1.29, 1.82) is 0 Å². The van der Waals surface area contributed by atoms with Gasteiger partial charge < -0.3 is 38.6 Å². The summed E-state index contributed by atoms with van der Waals surface area (Å²) in [5.41, 5.74) is 2.70. The second kappa shape index (κ2) is 12.8. The molecule has 1 aromatic carbocycles. The molecule has 4 saturated heterocycles. The van der Waals surface area contributed by atoms with E-state index in [0.29, 0.717) is 11.1 Å². The van der Waals surface area contributed by atoms with Crippen LogP contribution in [0.4, 0.5) is 0 Å². The Labute approximate surface area is 262 Å². The summed E-state index contributed by atoms with van der Waals surface area (Å²) in [5, 5.41) is 18.0. The minimum absolute atomic E-state index is 0.165. The van der Waals surface area contributed by atoms with Gasteiger partial charge in [-0.1, -0.05) is 0 Å². The van der Waals surface area contributed by atoms with E-state index in [9.17, 15) is 28.8 Å². The maximum Gasteiger partial charge on any atom is 0.342 e. The molecule has 0 bridgehead atoms. The van der Waals surface area contributed by atoms with Crippen molar-refractivity contribution in [3.8, 4) is 0 Å². The van der Waals surface area contributed by atoms with Crippen molar-refractivity contribution in [3.63, 3.8) is 0 Å². The van der Waals surface area contributed by atoms with Gasteiger partial charge in [0.2, 0.25) is 18.1 Å². The van der Waals surface area contributed by atoms with E-state index in [1.165, 1.54) is 35.8 Å². The third-order valence-corrected chi connectivity index (χ3v) is 7.76. The van der Waals surface area contributed by atoms with Crippen LogP contribution in [0.2, 0.25) is 0 Å². The first kappa shape index (κ1) is 32.4. The Balaban J connectivity index is 0.000000188. The first-order valence-electron chi connectivity index (χ1n) is 14.3. The molecule has 6 unspecified atom stereocenters. The highest BCUT2D eigenvalue weighted by Crippen LogP contribution is 2.40. The zero-order valence-corrected chi connectivity index (χ0v) is 25.3. The summed E-state index contributed by atoms with van der Waals surface area (Å²) in [5.74, 6) is -2.84. The number of rotatable bonds is 7. The minimum atomic E-state index is -1.17. The number of carbonyl (C=O) groups excluding carboxylic acids is 6. The molecule has 1 aromatic rings. The SMILES string of the molecule is CC(=O)OC(C)OC(=O)C1/C(=C/CO)OC2CC(=O)N21.Cc1cc2c(cc1C)C(OC(=O)C1/C(=C/CO)OC3CC(=O)N31)OC2=O. The number of ether oxygens (including phenoxy) is 6. The fourth-order valence-electron chi connectivity index (χ4n) is 5.47. The lowest BCUT2D eigenvalue weighted by atomic mass is 10.0. The number of aliphatic hydroxyl groups excluding tert-OH is 2. The zero-order valence-electron chi connectivity index (χ0n) is 25.3. The smallest absolute Gasteiger partial charge is 0.342 e. The van der Waals surface area contributed by atoms with Gasteiger partial charge in [-0.25, -0.2) is 14.4 Å². The highest BCUT2D eigenvalue weighted by atomic mass is 16.7. The number of fused-ring (bicyclic) bond motifs is 3. The standard InChI is InChI=1S/C18H17NO7.C12H15NO7/c1-8-5-10-11(6-9(8)2)18(25-16(10)22)26-17(23)15-12(3-4-20)24-14-7-13(21)19(14)15;1-6(15)18-7(2)19-12(17)11-8(3-4-14)20-10-5-9(16)13(10)11/h3,5-6,14-15,18,20H,4,7H2,1-2H3;3,7,10-11,14H,4-5H2,1-2H3/b12-3-;8-3-. The Morgan fingerprint density at radius 2 is 1.39 bits per heavy atom. The molecule has 0 aliphatic carbocycles. The highest BCUT2D eigenvalue weighted by Gasteiger charge is 2.56. The Morgan fingerprint density at radius 3 is 1.89 bits per heavy atom. The topological polar surface area (TPSA) is 205 Å². The number of esters is 4. The molecule has 0 saturated carbocycles. The Kier molecular flexibility index (Phi) is 9.03. The Hall–Kier alpha value is -4.96. The molecule has 16 nitrogen and oxygen atoms in total. The van der Waals surface area contributed by atoms with E-state index in [4.69, 9.17) is 33.9 Å². The molecule has 0 spiro atoms. The summed E-state index contributed by atoms with van der Waals surface area (Å²) >= 11 is 0. The van der Waals surface area contributed by atoms with Crippen molar-refractivity contribution in [3.05, 3.63) is 58.1 Å². The first-order valence-corrected chi connectivity index (χ1v) is 14.3. The zero-order chi connectivity index (χ0) is 33.4. The van der Waals surface area contributed by atoms with Crippen molar-refractivity contribution in [2.75, 3.05) is 13.2 Å². The summed E-state index contributed by atoms with van der Waals surface area (Å²) < 4.78 is 31.1. The average Bonchev–Trinajstić information content (AvgIpc) is 3.55. The molecule has 6 atom stereocenters. The number of β-lactam (4-membered cyclic amide) rings is 2. The predicted octanol–water partition coefficient (Wildman–Crippen LogP) is 0.121. The quantitative estimate of drug-likeness (QED) is 0.230. The molecule has 5 aliphatic heterocycles. The molecule has 6 rings (SSSR count). The van der Waals surface area contributed by atoms with Crippen molar-refractivity contribution < 1.29 is 67.4 Å². The van der Waals surface area contributed by atoms with Gasteiger partial charge >= 0.3 is 23.9 Å². The molecule has 5 heterocycles. The van der Waals surface area contributed by atoms with Gasteiger partial charge in [0, 0.05) is 19.4 Å². The van der Waals surface area contributed by atoms with Crippen molar-refractivity contribution >= 4 is 35.7 Å². The monoisotopic (exact) mass is 644 g/mol. The molecular weight excluding hydrogens is 612 g/mol. The summed E-state index contributed by atoms with van der Waals surface area (Å²) in [6.07, 6.45) is -0.282. The largest absolute Gasteiger partial charge is 0.472 e. The molecule has 5 aliphatic rings. The molecule has 0 radical (unpaired) electrons. The van der Waals surface area contributed by atoms with Gasteiger partial charge in [0.25, 0.3) is 6.29 Å². The number of hydrogen-bond acceptors (Lipinski definition) is 14. The minimum Gasteiger partial charge on any atom is -0.472 e. The van der Waals surface area contributed by atoms with Gasteiger partial charge in [-0.15, -0.1) is 0 Å². The van der Waals surface area contributed by atoms with Gasteiger partial charge in [0.05, 0.1) is 31.6 Å². The molecule has 4 fully saturated rings. The number of amides is 2. The van der Waals surface area contributed by atoms with Gasteiger partial charge in [0.1, 0.15) is 11.5 Å². The molecule has 2 N–H and O–H groups in total. The van der Waals surface area contributed by atoms with Gasteiger partial charge in [-0.05, 0) is 49.3 Å². The van der Waals surface area contributed by atoms with Crippen LogP contribution < -0.4 is 0 Å². The van der Waals surface area contributed by atoms with E-state index in [1.54, 1.807) is 12.1 Å². The molecule has 0 aromatic heterocycles. The van der Waals surface area contributed by atoms with Crippen LogP contribution >= 0.6 is 0 Å². The predicted molar refractivity (Wildman–Crippen MR) is 148 cm³/mol. The molecule has 2 amide bonds. The normalized spacial score (nSPS) is 27.5. The van der Waals surface area contributed by atoms with E-state index in [2.05, 4.69) is 4.74 Å². The van der Waals surface area contributed by atoms with Gasteiger partial charge in [0.15, 0.2) is 24.5 Å². The lowest BCUT2D eigenvalue weighted by Gasteiger charge is -2.34. The van der Waals surface area contributed by atoms with Crippen LogP contribution in [-0.4, -0.2) is 99.7 Å². The summed E-state index contributed by atoms with van der Waals surface area (Å²) in [7, 11) is 0. The van der Waals surface area contributed by atoms with E-state index >= 15 is 0 Å². The molecular formula is C30H32N2O14. The number of carbonyl (C=O) groups is 6. The van der Waals surface area contributed by atoms with E-state index in [1.807, 2.05) is 13.8 Å². The molecule has 16 heteroatoms. The Bertz CT molecular complexity index is 1550. The number of hydrogen-bond donors (Lipinski definition) is 2. The lowest BCUT2D eigenvalue weighted by Crippen LogP contribution is -2.55. The van der Waals surface area contributed by atoms with Crippen LogP contribution in [0.15, 0.2) is 35.8 Å². The van der Waals surface area contributed by atoms with Gasteiger partial charge in [-0.3, -0.25) is 24.2 Å². The van der Waals surface area contributed by atoms with Crippen LogP contribution in [0, 0.1) is 13.8 Å². The fourth-order valence-corrected chi connectivity index (χ4v) is 5.47. The van der Waals surface area contributed by atoms with Crippen LogP contribution in [0.5, 0.6) is 0 Å². The van der Waals surface area contributed by atoms with Crippen LogP contribution in [0.1, 0.15) is 60.0 Å². The van der Waals surface area contributed by atoms with Crippen LogP contribution in [0.25, 0.3) is 0 Å². The molecule has 246 valence electrons. The van der Waals surface area contributed by atoms with E-state index in [-0.39, 0.29) is 49.4 Å². The third-order valence-electron chi connectivity index (χ3n) is 7.76. The second-order valence-electron chi connectivity index (χ2n) is 10.9. The van der Waals surface area contributed by atoms with Crippen molar-refractivity contribution in [2.24, 2.45) is 0 Å². The van der Waals surface area contributed by atoms with Crippen molar-refractivity contribution in [1.82, 2.24) is 9.80 Å². The highest BCUT2D eigenvalue weighted by molar-refractivity contribution is 5.95. The summed E-state index contributed by atoms with van der Waals surface area (Å²) in [6.45, 7) is 5.67. The molecule has 46 heavy (non-hydrogen) atoms. The van der Waals surface area contributed by atoms with Crippen LogP contribution in [0.3, 0.4) is 0 Å². The van der Waals surface area contributed by atoms with Gasteiger partial charge in [-0.2, -0.15) is 0 Å². The summed E-state index contributed by atoms with van der Waals surface area (Å²) in [4.78, 5) is 73.3. The number of nitrogens with zero attached hydrogens (tertiary/aromatic N) is 2. The van der Waals surface area contributed by atoms with E-state index < -0.39 is 61.0 Å².